The van der Waals surface area contributed by atoms with Crippen molar-refractivity contribution in [3.63, 3.8) is 0 Å². The van der Waals surface area contributed by atoms with Crippen LogP contribution in [0.25, 0.3) is 0 Å². The fraction of sp³-hybridized carbons (Fsp3) is 0.737. The van der Waals surface area contributed by atoms with E-state index in [0.717, 1.165) is 51.4 Å². The van der Waals surface area contributed by atoms with Crippen LogP contribution in [0.2, 0.25) is 0 Å². The van der Waals surface area contributed by atoms with Crippen LogP contribution < -0.4 is 4.90 Å². The van der Waals surface area contributed by atoms with Crippen molar-refractivity contribution in [2.45, 2.75) is 44.2 Å². The van der Waals surface area contributed by atoms with E-state index in [1.165, 1.54) is 12.8 Å². The highest BCUT2D eigenvalue weighted by atomic mass is 16.5. The molecule has 0 unspecified atom stereocenters. The first-order valence-electron chi connectivity index (χ1n) is 9.93. The molecule has 2 saturated heterocycles. The van der Waals surface area contributed by atoms with Crippen molar-refractivity contribution >= 4 is 11.7 Å². The van der Waals surface area contributed by atoms with Crippen LogP contribution >= 0.6 is 0 Å². The molecular formula is C19H29N5O2. The lowest BCUT2D eigenvalue weighted by Gasteiger charge is -2.39. The fourth-order valence-electron chi connectivity index (χ4n) is 4.10. The number of piperidine rings is 1. The zero-order chi connectivity index (χ0) is 17.8. The van der Waals surface area contributed by atoms with Crippen molar-refractivity contribution in [3.8, 4) is 0 Å². The second-order valence-electron chi connectivity index (χ2n) is 7.52. The lowest BCUT2D eigenvalue weighted by Crippen LogP contribution is -2.48. The van der Waals surface area contributed by atoms with E-state index >= 15 is 0 Å². The van der Waals surface area contributed by atoms with Gasteiger partial charge >= 0.3 is 0 Å². The minimum Gasteiger partial charge on any atom is -0.379 e. The normalized spacial score (nSPS) is 23.1. The van der Waals surface area contributed by atoms with Crippen LogP contribution in [0, 0.1) is 0 Å². The van der Waals surface area contributed by atoms with Crippen LogP contribution in [0.1, 0.15) is 32.1 Å². The molecule has 0 atom stereocenters. The summed E-state index contributed by atoms with van der Waals surface area (Å²) in [5.74, 6) is 1.32. The summed E-state index contributed by atoms with van der Waals surface area (Å²) in [6, 6.07) is 3.27. The number of anilines is 1. The monoisotopic (exact) mass is 359 g/mol. The van der Waals surface area contributed by atoms with E-state index in [-0.39, 0.29) is 5.91 Å². The summed E-state index contributed by atoms with van der Waals surface area (Å²) in [5, 5.41) is 0. The highest BCUT2D eigenvalue weighted by Gasteiger charge is 2.36. The Labute approximate surface area is 155 Å². The van der Waals surface area contributed by atoms with E-state index in [1.54, 1.807) is 6.33 Å². The molecular weight excluding hydrogens is 330 g/mol. The molecule has 4 rings (SSSR count). The van der Waals surface area contributed by atoms with Crippen LogP contribution in [0.15, 0.2) is 18.6 Å². The molecule has 1 aliphatic carbocycles. The van der Waals surface area contributed by atoms with E-state index < -0.39 is 0 Å². The zero-order valence-electron chi connectivity index (χ0n) is 15.4. The molecule has 1 amide bonds. The first-order valence-corrected chi connectivity index (χ1v) is 9.93. The van der Waals surface area contributed by atoms with Gasteiger partial charge in [-0.15, -0.1) is 0 Å². The van der Waals surface area contributed by atoms with E-state index in [9.17, 15) is 4.79 Å². The predicted molar refractivity (Wildman–Crippen MR) is 99.0 cm³/mol. The number of rotatable bonds is 6. The van der Waals surface area contributed by atoms with E-state index in [2.05, 4.69) is 19.8 Å². The van der Waals surface area contributed by atoms with Gasteiger partial charge < -0.3 is 19.4 Å². The van der Waals surface area contributed by atoms with E-state index in [1.807, 2.05) is 17.2 Å². The van der Waals surface area contributed by atoms with E-state index in [4.69, 9.17) is 4.74 Å². The number of nitrogens with zero attached hydrogens (tertiary/aromatic N) is 5. The molecule has 26 heavy (non-hydrogen) atoms. The van der Waals surface area contributed by atoms with Gasteiger partial charge in [0.05, 0.1) is 19.6 Å². The molecule has 142 valence electrons. The van der Waals surface area contributed by atoms with Gasteiger partial charge in [-0.1, -0.05) is 0 Å². The van der Waals surface area contributed by atoms with Crippen LogP contribution in [0.3, 0.4) is 0 Å². The van der Waals surface area contributed by atoms with Gasteiger partial charge in [0.15, 0.2) is 0 Å². The maximum absolute atomic E-state index is 12.1. The minimum atomic E-state index is 0.237. The van der Waals surface area contributed by atoms with Gasteiger partial charge in [-0.3, -0.25) is 4.79 Å². The maximum atomic E-state index is 12.1. The third-order valence-electron chi connectivity index (χ3n) is 5.73. The summed E-state index contributed by atoms with van der Waals surface area (Å²) in [5.41, 5.74) is 0. The molecule has 0 radical (unpaired) electrons. The molecule has 0 aromatic carbocycles. The highest BCUT2D eigenvalue weighted by Crippen LogP contribution is 2.34. The number of likely N-dealkylation sites (tertiary alicyclic amines) is 1. The Balaban J connectivity index is 1.27. The molecule has 0 spiro atoms. The maximum Gasteiger partial charge on any atom is 0.225 e. The third-order valence-corrected chi connectivity index (χ3v) is 5.73. The van der Waals surface area contributed by atoms with Crippen molar-refractivity contribution in [3.05, 3.63) is 18.6 Å². The Bertz CT molecular complexity index is 587. The average Bonchev–Trinajstić information content (AvgIpc) is 3.52. The molecule has 7 heteroatoms. The molecule has 1 aromatic rings. The lowest BCUT2D eigenvalue weighted by atomic mass is 10.0. The Morgan fingerprint density at radius 3 is 2.62 bits per heavy atom. The molecule has 7 nitrogen and oxygen atoms in total. The van der Waals surface area contributed by atoms with Gasteiger partial charge in [0, 0.05) is 51.0 Å². The molecule has 0 N–H and O–H groups in total. The number of amides is 1. The average molecular weight is 359 g/mol. The van der Waals surface area contributed by atoms with Crippen LogP contribution in [-0.2, 0) is 9.53 Å². The van der Waals surface area contributed by atoms with Gasteiger partial charge in [0.2, 0.25) is 5.91 Å². The second-order valence-corrected chi connectivity index (χ2v) is 7.52. The third kappa shape index (κ3) is 4.32. The number of aromatic nitrogens is 2. The van der Waals surface area contributed by atoms with Crippen molar-refractivity contribution in [1.82, 2.24) is 19.8 Å². The minimum absolute atomic E-state index is 0.237. The summed E-state index contributed by atoms with van der Waals surface area (Å²) < 4.78 is 5.41. The van der Waals surface area contributed by atoms with Crippen molar-refractivity contribution < 1.29 is 9.53 Å². The van der Waals surface area contributed by atoms with Crippen LogP contribution in [0.4, 0.5) is 5.82 Å². The largest absolute Gasteiger partial charge is 0.379 e. The number of ether oxygens (including phenoxy) is 1. The fourth-order valence-corrected chi connectivity index (χ4v) is 4.10. The first kappa shape index (κ1) is 17.7. The quantitative estimate of drug-likeness (QED) is 0.760. The number of carbonyl (C=O) groups excluding carboxylic acids is 1. The van der Waals surface area contributed by atoms with Crippen LogP contribution in [0.5, 0.6) is 0 Å². The predicted octanol–water partition coefficient (Wildman–Crippen LogP) is 1.16. The molecule has 1 saturated carbocycles. The molecule has 2 aliphatic heterocycles. The Hall–Kier alpha value is -1.73. The van der Waals surface area contributed by atoms with Gasteiger partial charge in [0.25, 0.3) is 0 Å². The zero-order valence-corrected chi connectivity index (χ0v) is 15.4. The van der Waals surface area contributed by atoms with Crippen molar-refractivity contribution in [1.29, 1.82) is 0 Å². The smallest absolute Gasteiger partial charge is 0.225 e. The summed E-state index contributed by atoms with van der Waals surface area (Å²) in [6.45, 7) is 5.96. The number of hydrogen-bond donors (Lipinski definition) is 0. The molecule has 3 aliphatic rings. The van der Waals surface area contributed by atoms with Gasteiger partial charge in [-0.2, -0.15) is 0 Å². The lowest BCUT2D eigenvalue weighted by molar-refractivity contribution is -0.130. The van der Waals surface area contributed by atoms with E-state index in [0.29, 0.717) is 31.7 Å². The number of hydrogen-bond acceptors (Lipinski definition) is 6. The SMILES string of the molecule is O=C1CCOCCN1CCN1CCC(N(c2ccncn2)C2CC2)CC1. The topological polar surface area (TPSA) is 61.8 Å². The van der Waals surface area contributed by atoms with Gasteiger partial charge in [-0.25, -0.2) is 9.97 Å². The van der Waals surface area contributed by atoms with Crippen molar-refractivity contribution in [2.75, 3.05) is 50.8 Å². The number of carbonyl (C=O) groups is 1. The molecule has 3 fully saturated rings. The summed E-state index contributed by atoms with van der Waals surface area (Å²) >= 11 is 0. The Morgan fingerprint density at radius 2 is 1.88 bits per heavy atom. The summed E-state index contributed by atoms with van der Waals surface area (Å²) in [4.78, 5) is 27.6. The highest BCUT2D eigenvalue weighted by molar-refractivity contribution is 5.76. The van der Waals surface area contributed by atoms with Crippen LogP contribution in [-0.4, -0.2) is 83.7 Å². The Kier molecular flexibility index (Phi) is 5.65. The molecule has 1 aromatic heterocycles. The molecule has 0 bridgehead atoms. The standard InChI is InChI=1S/C19H29N5O2/c25-19-6-13-26-14-12-23(19)11-10-22-8-4-17(5-9-22)24(16-1-2-16)18-3-7-20-15-21-18/h3,7,15-17H,1-2,4-6,8-14H2. The second kappa shape index (κ2) is 8.31. The molecule has 3 heterocycles. The van der Waals surface area contributed by atoms with Gasteiger partial charge in [0.1, 0.15) is 12.1 Å². The first-order chi connectivity index (χ1) is 12.8. The Morgan fingerprint density at radius 1 is 1.08 bits per heavy atom. The van der Waals surface area contributed by atoms with Crippen molar-refractivity contribution in [2.24, 2.45) is 0 Å². The summed E-state index contributed by atoms with van der Waals surface area (Å²) in [6.07, 6.45) is 8.91. The summed E-state index contributed by atoms with van der Waals surface area (Å²) in [7, 11) is 0. The van der Waals surface area contributed by atoms with Gasteiger partial charge in [-0.05, 0) is 31.7 Å².